The number of nitrogens with zero attached hydrogens (tertiary/aromatic N) is 1. The van der Waals surface area contributed by atoms with E-state index >= 15 is 0 Å². The maximum Gasteiger partial charge on any atom is 0.246 e. The van der Waals surface area contributed by atoms with E-state index in [9.17, 15) is 16.8 Å². The number of furan rings is 1. The lowest BCUT2D eigenvalue weighted by Gasteiger charge is -2.22. The van der Waals surface area contributed by atoms with Gasteiger partial charge in [0.15, 0.2) is 9.84 Å². The lowest BCUT2D eigenvalue weighted by molar-refractivity contribution is 0.392. The van der Waals surface area contributed by atoms with Crippen LogP contribution in [-0.2, 0) is 26.4 Å². The van der Waals surface area contributed by atoms with Gasteiger partial charge in [0, 0.05) is 19.2 Å². The van der Waals surface area contributed by atoms with Crippen LogP contribution >= 0.6 is 0 Å². The molecule has 2 heterocycles. The number of hydrogen-bond acceptors (Lipinski definition) is 6. The van der Waals surface area contributed by atoms with Crippen molar-refractivity contribution in [1.82, 2.24) is 9.62 Å². The first-order valence-corrected chi connectivity index (χ1v) is 9.86. The van der Waals surface area contributed by atoms with E-state index in [4.69, 9.17) is 4.42 Å². The van der Waals surface area contributed by atoms with E-state index in [1.54, 1.807) is 14.0 Å². The second-order valence-electron chi connectivity index (χ2n) is 5.24. The van der Waals surface area contributed by atoms with Crippen molar-refractivity contribution in [3.05, 3.63) is 17.6 Å². The van der Waals surface area contributed by atoms with Gasteiger partial charge in [-0.1, -0.05) is 0 Å². The van der Waals surface area contributed by atoms with Crippen molar-refractivity contribution in [2.24, 2.45) is 0 Å². The molecule has 1 aromatic heterocycles. The molecule has 0 saturated carbocycles. The minimum Gasteiger partial charge on any atom is -0.464 e. The van der Waals surface area contributed by atoms with Crippen LogP contribution in [0, 0.1) is 6.92 Å². The third-order valence-corrected chi connectivity index (χ3v) is 7.42. The minimum absolute atomic E-state index is 0.0346. The Balaban J connectivity index is 2.29. The van der Waals surface area contributed by atoms with E-state index in [-0.39, 0.29) is 16.4 Å². The van der Waals surface area contributed by atoms with Gasteiger partial charge in [0.1, 0.15) is 16.4 Å². The topological polar surface area (TPSA) is 96.7 Å². The fraction of sp³-hybridized carbons (Fsp3) is 0.667. The molecule has 1 atom stereocenters. The summed E-state index contributed by atoms with van der Waals surface area (Å²) in [5, 5.41) is 2.89. The smallest absolute Gasteiger partial charge is 0.246 e. The van der Waals surface area contributed by atoms with Crippen molar-refractivity contribution in [2.45, 2.75) is 30.8 Å². The minimum atomic E-state index is -3.75. The molecule has 0 radical (unpaired) electrons. The van der Waals surface area contributed by atoms with Crippen LogP contribution in [0.5, 0.6) is 0 Å². The largest absolute Gasteiger partial charge is 0.464 e. The predicted molar refractivity (Wildman–Crippen MR) is 78.2 cm³/mol. The second-order valence-corrected chi connectivity index (χ2v) is 9.44. The second kappa shape index (κ2) is 5.71. The molecule has 0 bridgehead atoms. The van der Waals surface area contributed by atoms with Crippen LogP contribution in [0.25, 0.3) is 0 Å². The molecule has 21 heavy (non-hydrogen) atoms. The molecule has 1 N–H and O–H groups in total. The molecule has 1 aliphatic heterocycles. The summed E-state index contributed by atoms with van der Waals surface area (Å²) in [7, 11) is -3.73. The van der Waals surface area contributed by atoms with E-state index in [0.29, 0.717) is 24.5 Å². The molecule has 0 spiro atoms. The van der Waals surface area contributed by atoms with Crippen LogP contribution in [0.1, 0.15) is 17.9 Å². The molecule has 1 aromatic rings. The van der Waals surface area contributed by atoms with Gasteiger partial charge in [-0.2, -0.15) is 4.31 Å². The first-order chi connectivity index (χ1) is 9.67. The van der Waals surface area contributed by atoms with E-state index in [1.165, 1.54) is 13.1 Å². The highest BCUT2D eigenvalue weighted by molar-refractivity contribution is 7.92. The molecule has 1 aliphatic rings. The van der Waals surface area contributed by atoms with Crippen molar-refractivity contribution < 1.29 is 21.3 Å². The Hall–Kier alpha value is -0.900. The maximum atomic E-state index is 12.6. The average molecular weight is 336 g/mol. The Morgan fingerprint density at radius 1 is 1.48 bits per heavy atom. The van der Waals surface area contributed by atoms with Crippen molar-refractivity contribution >= 4 is 19.9 Å². The normalized spacial score (nSPS) is 22.0. The molecular formula is C12H20N2O5S2. The van der Waals surface area contributed by atoms with Gasteiger partial charge in [-0.25, -0.2) is 16.8 Å². The molecule has 1 saturated heterocycles. The summed E-state index contributed by atoms with van der Waals surface area (Å²) in [6, 6.07) is 0.975. The molecule has 2 rings (SSSR count). The van der Waals surface area contributed by atoms with Gasteiger partial charge in [0.2, 0.25) is 10.0 Å². The third-order valence-electron chi connectivity index (χ3n) is 3.65. The van der Waals surface area contributed by atoms with Gasteiger partial charge in [0.05, 0.1) is 18.1 Å². The number of sulfonamides is 1. The zero-order valence-electron chi connectivity index (χ0n) is 12.3. The van der Waals surface area contributed by atoms with Gasteiger partial charge >= 0.3 is 0 Å². The number of hydrogen-bond donors (Lipinski definition) is 1. The SMILES string of the molecule is CNCc1cc(S(=O)(=O)N(C)C2CCS(=O)(=O)C2)c(C)o1. The molecule has 120 valence electrons. The molecule has 0 aromatic carbocycles. The van der Waals surface area contributed by atoms with E-state index in [0.717, 1.165) is 4.31 Å². The molecule has 9 heteroatoms. The molecule has 1 fully saturated rings. The first kappa shape index (κ1) is 16.5. The zero-order chi connectivity index (χ0) is 15.8. The van der Waals surface area contributed by atoms with Crippen LogP contribution in [0.3, 0.4) is 0 Å². The van der Waals surface area contributed by atoms with E-state index in [1.807, 2.05) is 0 Å². The van der Waals surface area contributed by atoms with E-state index in [2.05, 4.69) is 5.32 Å². The van der Waals surface area contributed by atoms with Crippen molar-refractivity contribution in [2.75, 3.05) is 25.6 Å². The first-order valence-electron chi connectivity index (χ1n) is 6.60. The fourth-order valence-corrected chi connectivity index (χ4v) is 5.89. The summed E-state index contributed by atoms with van der Waals surface area (Å²) in [6.07, 6.45) is 0.332. The van der Waals surface area contributed by atoms with Crippen LogP contribution in [0.15, 0.2) is 15.4 Å². The third kappa shape index (κ3) is 3.31. The van der Waals surface area contributed by atoms with Crippen LogP contribution in [0.4, 0.5) is 0 Å². The standard InChI is InChI=1S/C12H20N2O5S2/c1-9-12(6-11(19-9)7-13-2)21(17,18)14(3)10-4-5-20(15,16)8-10/h6,10,13H,4-5,7-8H2,1-3H3. The van der Waals surface area contributed by atoms with Gasteiger partial charge in [0.25, 0.3) is 0 Å². The lowest BCUT2D eigenvalue weighted by atomic mass is 10.3. The summed E-state index contributed by atoms with van der Waals surface area (Å²) in [5.74, 6) is 0.754. The summed E-state index contributed by atoms with van der Waals surface area (Å²) in [4.78, 5) is 0.0968. The van der Waals surface area contributed by atoms with Crippen molar-refractivity contribution in [1.29, 1.82) is 0 Å². The quantitative estimate of drug-likeness (QED) is 0.820. The molecular weight excluding hydrogens is 316 g/mol. The highest BCUT2D eigenvalue weighted by Crippen LogP contribution is 2.27. The Morgan fingerprint density at radius 2 is 2.14 bits per heavy atom. The van der Waals surface area contributed by atoms with Crippen molar-refractivity contribution in [3.8, 4) is 0 Å². The number of nitrogens with one attached hydrogen (secondary N) is 1. The van der Waals surface area contributed by atoms with Crippen molar-refractivity contribution in [3.63, 3.8) is 0 Å². The molecule has 7 nitrogen and oxygen atoms in total. The molecule has 1 unspecified atom stereocenters. The highest BCUT2D eigenvalue weighted by Gasteiger charge is 2.37. The molecule has 0 aliphatic carbocycles. The Kier molecular flexibility index (Phi) is 4.48. The maximum absolute atomic E-state index is 12.6. The Bertz CT molecular complexity index is 721. The summed E-state index contributed by atoms with van der Waals surface area (Å²) in [5.41, 5.74) is 0. The predicted octanol–water partition coefficient (Wildman–Crippen LogP) is 0.115. The summed E-state index contributed by atoms with van der Waals surface area (Å²) in [6.45, 7) is 2.02. The van der Waals surface area contributed by atoms with Crippen LogP contribution in [0.2, 0.25) is 0 Å². The lowest BCUT2D eigenvalue weighted by Crippen LogP contribution is -2.37. The van der Waals surface area contributed by atoms with Gasteiger partial charge < -0.3 is 9.73 Å². The summed E-state index contributed by atoms with van der Waals surface area (Å²) < 4.78 is 54.8. The number of rotatable bonds is 5. The van der Waals surface area contributed by atoms with Crippen LogP contribution in [-0.4, -0.2) is 52.8 Å². The Labute approximate surface area is 125 Å². The van der Waals surface area contributed by atoms with Crippen LogP contribution < -0.4 is 5.32 Å². The highest BCUT2D eigenvalue weighted by atomic mass is 32.2. The van der Waals surface area contributed by atoms with E-state index < -0.39 is 25.9 Å². The zero-order valence-corrected chi connectivity index (χ0v) is 13.9. The number of sulfone groups is 1. The van der Waals surface area contributed by atoms with Gasteiger partial charge in [-0.15, -0.1) is 0 Å². The summed E-state index contributed by atoms with van der Waals surface area (Å²) >= 11 is 0. The average Bonchev–Trinajstić information content (AvgIpc) is 2.92. The van der Waals surface area contributed by atoms with Gasteiger partial charge in [-0.05, 0) is 20.4 Å². The van der Waals surface area contributed by atoms with Gasteiger partial charge in [-0.3, -0.25) is 0 Å². The fourth-order valence-electron chi connectivity index (χ4n) is 2.46. The number of aryl methyl sites for hydroxylation is 1. The Morgan fingerprint density at radius 3 is 2.67 bits per heavy atom. The molecule has 0 amide bonds. The monoisotopic (exact) mass is 336 g/mol.